The zero-order valence-corrected chi connectivity index (χ0v) is 7.34. The lowest BCUT2D eigenvalue weighted by atomic mass is 10.3. The van der Waals surface area contributed by atoms with Crippen LogP contribution in [-0.4, -0.2) is 4.98 Å². The van der Waals surface area contributed by atoms with Crippen LogP contribution >= 0.6 is 11.3 Å². The van der Waals surface area contributed by atoms with E-state index in [1.165, 1.54) is 11.3 Å². The molecule has 5 heteroatoms. The topological polar surface area (TPSA) is 75.8 Å². The van der Waals surface area contributed by atoms with Gasteiger partial charge in [-0.3, -0.25) is 0 Å². The molecule has 0 amide bonds. The van der Waals surface area contributed by atoms with Gasteiger partial charge in [0.15, 0.2) is 5.76 Å². The smallest absolute Gasteiger partial charge is 0.292 e. The summed E-state index contributed by atoms with van der Waals surface area (Å²) in [5.74, 6) is 0.601. The zero-order chi connectivity index (χ0) is 9.26. The molecule has 0 bridgehead atoms. The Bertz CT molecular complexity index is 466. The van der Waals surface area contributed by atoms with Gasteiger partial charge in [0.1, 0.15) is 6.07 Å². The van der Waals surface area contributed by atoms with Crippen LogP contribution in [0.15, 0.2) is 22.1 Å². The second-order valence-corrected chi connectivity index (χ2v) is 3.29. The summed E-state index contributed by atoms with van der Waals surface area (Å²) < 4.78 is 5.10. The first-order valence-electron chi connectivity index (χ1n) is 3.50. The first-order chi connectivity index (χ1) is 6.29. The zero-order valence-electron chi connectivity index (χ0n) is 6.52. The van der Waals surface area contributed by atoms with Crippen LogP contribution in [0.3, 0.4) is 0 Å². The molecule has 2 aromatic heterocycles. The number of nitrogen functional groups attached to an aromatic ring is 1. The summed E-state index contributed by atoms with van der Waals surface area (Å²) in [6.45, 7) is 0. The molecule has 0 saturated carbocycles. The number of nitrogens with zero attached hydrogens (tertiary/aromatic N) is 2. The van der Waals surface area contributed by atoms with Crippen LogP contribution in [0, 0.1) is 11.3 Å². The fraction of sp³-hybridized carbons (Fsp3) is 0. The van der Waals surface area contributed by atoms with E-state index < -0.39 is 0 Å². The lowest BCUT2D eigenvalue weighted by molar-refractivity contribution is 0.596. The number of aromatic nitrogens is 1. The molecule has 0 unspecified atom stereocenters. The molecule has 0 aliphatic carbocycles. The van der Waals surface area contributed by atoms with E-state index in [-0.39, 0.29) is 6.01 Å². The molecule has 13 heavy (non-hydrogen) atoms. The lowest BCUT2D eigenvalue weighted by Gasteiger charge is -1.85. The molecule has 0 aliphatic heterocycles. The summed E-state index contributed by atoms with van der Waals surface area (Å²) in [6, 6.07) is 3.92. The molecule has 0 aromatic carbocycles. The van der Waals surface area contributed by atoms with E-state index in [0.717, 1.165) is 4.88 Å². The van der Waals surface area contributed by atoms with Gasteiger partial charge < -0.3 is 10.2 Å². The minimum absolute atomic E-state index is 0.141. The highest BCUT2D eigenvalue weighted by molar-refractivity contribution is 7.13. The molecule has 2 N–H and O–H groups in total. The van der Waals surface area contributed by atoms with Gasteiger partial charge in [-0.1, -0.05) is 0 Å². The van der Waals surface area contributed by atoms with E-state index >= 15 is 0 Å². The van der Waals surface area contributed by atoms with E-state index in [1.54, 1.807) is 17.6 Å². The predicted molar refractivity (Wildman–Crippen MR) is 48.9 cm³/mol. The average molecular weight is 191 g/mol. The molecule has 2 rings (SSSR count). The molecule has 0 saturated heterocycles. The van der Waals surface area contributed by atoms with Crippen molar-refractivity contribution in [2.24, 2.45) is 0 Å². The SMILES string of the molecule is N#Cc1csc(-c2cnc(N)o2)c1. The Hall–Kier alpha value is -1.80. The second kappa shape index (κ2) is 2.92. The molecule has 2 aromatic rings. The van der Waals surface area contributed by atoms with Crippen molar-refractivity contribution in [3.63, 3.8) is 0 Å². The number of oxazole rings is 1. The maximum atomic E-state index is 8.59. The predicted octanol–water partition coefficient (Wildman–Crippen LogP) is 1.86. The van der Waals surface area contributed by atoms with E-state index in [4.69, 9.17) is 15.4 Å². The number of thiophene rings is 1. The Balaban J connectivity index is 2.42. The van der Waals surface area contributed by atoms with Crippen LogP contribution in [0.2, 0.25) is 0 Å². The fourth-order valence-electron chi connectivity index (χ4n) is 0.926. The third kappa shape index (κ3) is 1.39. The number of hydrogen-bond acceptors (Lipinski definition) is 5. The van der Waals surface area contributed by atoms with Crippen LogP contribution in [0.1, 0.15) is 5.56 Å². The highest BCUT2D eigenvalue weighted by Crippen LogP contribution is 2.27. The van der Waals surface area contributed by atoms with Crippen molar-refractivity contribution < 1.29 is 4.42 Å². The summed E-state index contributed by atoms with van der Waals surface area (Å²) in [5.41, 5.74) is 5.94. The molecule has 0 aliphatic rings. The molecule has 64 valence electrons. The quantitative estimate of drug-likeness (QED) is 0.746. The van der Waals surface area contributed by atoms with E-state index in [0.29, 0.717) is 11.3 Å². The molecule has 2 heterocycles. The van der Waals surface area contributed by atoms with Crippen molar-refractivity contribution in [2.45, 2.75) is 0 Å². The minimum Gasteiger partial charge on any atom is -0.423 e. The van der Waals surface area contributed by atoms with Crippen LogP contribution in [0.4, 0.5) is 6.01 Å². The second-order valence-electron chi connectivity index (χ2n) is 2.37. The minimum atomic E-state index is 0.141. The van der Waals surface area contributed by atoms with Gasteiger partial charge in [0, 0.05) is 5.38 Å². The molecule has 0 atom stereocenters. The monoisotopic (exact) mass is 191 g/mol. The van der Waals surface area contributed by atoms with Gasteiger partial charge in [-0.05, 0) is 6.07 Å². The molecule has 4 nitrogen and oxygen atoms in total. The summed E-state index contributed by atoms with van der Waals surface area (Å²) in [5, 5.41) is 10.3. The highest BCUT2D eigenvalue weighted by atomic mass is 32.1. The van der Waals surface area contributed by atoms with Gasteiger partial charge in [-0.15, -0.1) is 11.3 Å². The summed E-state index contributed by atoms with van der Waals surface area (Å²) >= 11 is 1.43. The first kappa shape index (κ1) is 7.83. The largest absolute Gasteiger partial charge is 0.423 e. The Morgan fingerprint density at radius 3 is 3.00 bits per heavy atom. The normalized spacial score (nSPS) is 9.77. The van der Waals surface area contributed by atoms with Gasteiger partial charge >= 0.3 is 0 Å². The molecular weight excluding hydrogens is 186 g/mol. The van der Waals surface area contributed by atoms with Crippen LogP contribution in [0.5, 0.6) is 0 Å². The number of nitrogens with two attached hydrogens (primary N) is 1. The van der Waals surface area contributed by atoms with Crippen molar-refractivity contribution >= 4 is 17.4 Å². The van der Waals surface area contributed by atoms with E-state index in [9.17, 15) is 0 Å². The summed E-state index contributed by atoms with van der Waals surface area (Å²) in [4.78, 5) is 4.62. The summed E-state index contributed by atoms with van der Waals surface area (Å²) in [7, 11) is 0. The Kier molecular flexibility index (Phi) is 1.76. The third-order valence-corrected chi connectivity index (χ3v) is 2.44. The van der Waals surface area contributed by atoms with Gasteiger partial charge in [-0.2, -0.15) is 5.26 Å². The van der Waals surface area contributed by atoms with E-state index in [1.807, 2.05) is 6.07 Å². The standard InChI is InChI=1S/C8H5N3OS/c9-2-5-1-7(13-4-5)6-3-11-8(10)12-6/h1,3-4H,(H2,10,11). The summed E-state index contributed by atoms with van der Waals surface area (Å²) in [6.07, 6.45) is 1.54. The van der Waals surface area contributed by atoms with Crippen LogP contribution < -0.4 is 5.73 Å². The fourth-order valence-corrected chi connectivity index (χ4v) is 1.71. The van der Waals surface area contributed by atoms with Crippen molar-refractivity contribution in [2.75, 3.05) is 5.73 Å². The highest BCUT2D eigenvalue weighted by Gasteiger charge is 2.06. The lowest BCUT2D eigenvalue weighted by Crippen LogP contribution is -1.79. The van der Waals surface area contributed by atoms with Gasteiger partial charge in [-0.25, -0.2) is 4.98 Å². The van der Waals surface area contributed by atoms with Gasteiger partial charge in [0.2, 0.25) is 0 Å². The number of anilines is 1. The Morgan fingerprint density at radius 1 is 1.62 bits per heavy atom. The number of hydrogen-bond donors (Lipinski definition) is 1. The maximum absolute atomic E-state index is 8.59. The van der Waals surface area contributed by atoms with Crippen molar-refractivity contribution in [1.29, 1.82) is 5.26 Å². The van der Waals surface area contributed by atoms with Crippen molar-refractivity contribution in [3.05, 3.63) is 23.2 Å². The van der Waals surface area contributed by atoms with Crippen molar-refractivity contribution in [3.8, 4) is 16.7 Å². The molecule has 0 fully saturated rings. The first-order valence-corrected chi connectivity index (χ1v) is 4.38. The van der Waals surface area contributed by atoms with Crippen molar-refractivity contribution in [1.82, 2.24) is 4.98 Å². The third-order valence-electron chi connectivity index (χ3n) is 1.49. The van der Waals surface area contributed by atoms with Crippen LogP contribution in [-0.2, 0) is 0 Å². The molecule has 0 radical (unpaired) electrons. The average Bonchev–Trinajstić information content (AvgIpc) is 2.71. The number of nitriles is 1. The van der Waals surface area contributed by atoms with Gasteiger partial charge in [0.25, 0.3) is 6.01 Å². The maximum Gasteiger partial charge on any atom is 0.292 e. The molecular formula is C8H5N3OS. The Morgan fingerprint density at radius 2 is 2.46 bits per heavy atom. The number of rotatable bonds is 1. The van der Waals surface area contributed by atoms with E-state index in [2.05, 4.69) is 4.98 Å². The van der Waals surface area contributed by atoms with Gasteiger partial charge in [0.05, 0.1) is 16.6 Å². The molecule has 0 spiro atoms. The Labute approximate surface area is 78.2 Å². The van der Waals surface area contributed by atoms with Crippen LogP contribution in [0.25, 0.3) is 10.6 Å².